The molecule has 6 nitrogen and oxygen atoms in total. The van der Waals surface area contributed by atoms with Gasteiger partial charge in [0.2, 0.25) is 0 Å². The van der Waals surface area contributed by atoms with Crippen LogP contribution < -0.4 is 4.74 Å². The average Bonchev–Trinajstić information content (AvgIpc) is 3.31. The van der Waals surface area contributed by atoms with E-state index in [-0.39, 0.29) is 29.8 Å². The molecule has 0 aliphatic carbocycles. The van der Waals surface area contributed by atoms with E-state index in [0.29, 0.717) is 32.6 Å². The fourth-order valence-electron chi connectivity index (χ4n) is 5.12. The SMILES string of the molecule is COc1cc(C(=O)N2CCN(Cc3cnn(C)c3)C[C@H]2Cc2ccc3ccccc3c2)cc(C(F)(F)F)c1.Cl. The number of fused-ring (bicyclic) bond motifs is 1. The molecule has 2 heterocycles. The minimum absolute atomic E-state index is 0. The first-order valence-corrected chi connectivity index (χ1v) is 12.4. The highest BCUT2D eigenvalue weighted by atomic mass is 35.5. The zero-order chi connectivity index (χ0) is 26.9. The minimum atomic E-state index is -4.59. The number of aromatic nitrogens is 2. The lowest BCUT2D eigenvalue weighted by molar-refractivity contribution is -0.137. The number of alkyl halides is 3. The number of rotatable bonds is 6. The smallest absolute Gasteiger partial charge is 0.416 e. The van der Waals surface area contributed by atoms with Crippen LogP contribution in [0, 0.1) is 0 Å². The van der Waals surface area contributed by atoms with Gasteiger partial charge in [-0.05, 0) is 41.0 Å². The molecule has 0 bridgehead atoms. The number of carbonyl (C=O) groups is 1. The van der Waals surface area contributed by atoms with Crippen LogP contribution in [0.5, 0.6) is 5.75 Å². The summed E-state index contributed by atoms with van der Waals surface area (Å²) in [6.45, 7) is 2.27. The summed E-state index contributed by atoms with van der Waals surface area (Å²) < 4.78 is 47.5. The van der Waals surface area contributed by atoms with Gasteiger partial charge in [-0.25, -0.2) is 0 Å². The number of halogens is 4. The van der Waals surface area contributed by atoms with E-state index in [1.807, 2.05) is 43.7 Å². The maximum Gasteiger partial charge on any atom is 0.416 e. The molecule has 1 fully saturated rings. The number of nitrogens with zero attached hydrogens (tertiary/aromatic N) is 4. The monoisotopic (exact) mass is 558 g/mol. The minimum Gasteiger partial charge on any atom is -0.497 e. The zero-order valence-electron chi connectivity index (χ0n) is 21.7. The molecule has 1 atom stereocenters. The normalized spacial score (nSPS) is 16.2. The largest absolute Gasteiger partial charge is 0.497 e. The van der Waals surface area contributed by atoms with E-state index in [0.717, 1.165) is 34.0 Å². The second-order valence-electron chi connectivity index (χ2n) is 9.74. The van der Waals surface area contributed by atoms with Crippen LogP contribution in [0.1, 0.15) is 27.0 Å². The van der Waals surface area contributed by atoms with Crippen LogP contribution in [0.3, 0.4) is 0 Å². The molecular weight excluding hydrogens is 529 g/mol. The van der Waals surface area contributed by atoms with Gasteiger partial charge in [-0.1, -0.05) is 42.5 Å². The van der Waals surface area contributed by atoms with Gasteiger partial charge in [0.25, 0.3) is 5.91 Å². The van der Waals surface area contributed by atoms with Crippen LogP contribution in [0.15, 0.2) is 73.1 Å². The zero-order valence-corrected chi connectivity index (χ0v) is 22.5. The number of benzene rings is 3. The summed E-state index contributed by atoms with van der Waals surface area (Å²) >= 11 is 0. The van der Waals surface area contributed by atoms with Crippen molar-refractivity contribution in [3.63, 3.8) is 0 Å². The maximum absolute atomic E-state index is 13.7. The summed E-state index contributed by atoms with van der Waals surface area (Å²) in [6.07, 6.45) is -0.220. The first-order valence-electron chi connectivity index (χ1n) is 12.4. The van der Waals surface area contributed by atoms with Crippen molar-refractivity contribution in [2.75, 3.05) is 26.7 Å². The van der Waals surface area contributed by atoms with Crippen molar-refractivity contribution in [1.82, 2.24) is 19.6 Å². The van der Waals surface area contributed by atoms with E-state index in [1.54, 1.807) is 9.58 Å². The summed E-state index contributed by atoms with van der Waals surface area (Å²) in [5.74, 6) is -0.425. The third-order valence-electron chi connectivity index (χ3n) is 6.99. The molecule has 1 amide bonds. The third kappa shape index (κ3) is 6.54. The Morgan fingerprint density at radius 1 is 1.03 bits per heavy atom. The number of piperazine rings is 1. The van der Waals surface area contributed by atoms with Crippen LogP contribution in [-0.4, -0.2) is 58.3 Å². The van der Waals surface area contributed by atoms with E-state index in [2.05, 4.69) is 28.2 Å². The quantitative estimate of drug-likeness (QED) is 0.309. The van der Waals surface area contributed by atoms with E-state index in [4.69, 9.17) is 4.74 Å². The van der Waals surface area contributed by atoms with Crippen LogP contribution in [0.4, 0.5) is 13.2 Å². The molecule has 3 aromatic carbocycles. The second kappa shape index (κ2) is 11.7. The van der Waals surface area contributed by atoms with Crippen LogP contribution in [0.2, 0.25) is 0 Å². The third-order valence-corrected chi connectivity index (χ3v) is 6.99. The molecule has 1 aliphatic heterocycles. The molecule has 0 saturated carbocycles. The first-order chi connectivity index (χ1) is 18.2. The van der Waals surface area contributed by atoms with E-state index in [9.17, 15) is 18.0 Å². The van der Waals surface area contributed by atoms with Crippen molar-refractivity contribution in [3.05, 3.63) is 95.3 Å². The summed E-state index contributed by atoms with van der Waals surface area (Å²) in [5, 5.41) is 6.48. The van der Waals surface area contributed by atoms with E-state index >= 15 is 0 Å². The molecule has 0 N–H and O–H groups in total. The Labute approximate surface area is 231 Å². The van der Waals surface area contributed by atoms with Gasteiger partial charge in [-0.15, -0.1) is 12.4 Å². The Bertz CT molecular complexity index is 1460. The number of carbonyl (C=O) groups excluding carboxylic acids is 1. The Morgan fingerprint density at radius 3 is 2.49 bits per heavy atom. The fourth-order valence-corrected chi connectivity index (χ4v) is 5.12. The predicted molar refractivity (Wildman–Crippen MR) is 146 cm³/mol. The lowest BCUT2D eigenvalue weighted by Crippen LogP contribution is -2.55. The van der Waals surface area contributed by atoms with E-state index in [1.165, 1.54) is 13.2 Å². The summed E-state index contributed by atoms with van der Waals surface area (Å²) in [5.41, 5.74) is 1.21. The van der Waals surface area contributed by atoms with Crippen molar-refractivity contribution < 1.29 is 22.7 Å². The Hall–Kier alpha value is -3.56. The van der Waals surface area contributed by atoms with Crippen molar-refractivity contribution in [3.8, 4) is 5.75 Å². The first kappa shape index (κ1) is 28.4. The number of amides is 1. The number of methoxy groups -OCH3 is 1. The number of ether oxygens (including phenoxy) is 1. The van der Waals surface area contributed by atoms with Gasteiger partial charge in [-0.3, -0.25) is 14.4 Å². The molecule has 0 unspecified atom stereocenters. The molecule has 0 radical (unpaired) electrons. The fraction of sp³-hybridized carbons (Fsp3) is 0.310. The van der Waals surface area contributed by atoms with Gasteiger partial charge in [0.15, 0.2) is 0 Å². The highest BCUT2D eigenvalue weighted by molar-refractivity contribution is 5.95. The molecular formula is C29H30ClF3N4O2. The molecule has 10 heteroatoms. The molecule has 1 aliphatic rings. The van der Waals surface area contributed by atoms with Crippen LogP contribution >= 0.6 is 12.4 Å². The van der Waals surface area contributed by atoms with Gasteiger partial charge in [0.1, 0.15) is 5.75 Å². The Morgan fingerprint density at radius 2 is 1.79 bits per heavy atom. The van der Waals surface area contributed by atoms with E-state index < -0.39 is 17.6 Å². The lowest BCUT2D eigenvalue weighted by Gasteiger charge is -2.41. The van der Waals surface area contributed by atoms with Gasteiger partial charge in [0.05, 0.1) is 18.9 Å². The summed E-state index contributed by atoms with van der Waals surface area (Å²) in [4.78, 5) is 17.7. The van der Waals surface area contributed by atoms with Crippen molar-refractivity contribution >= 4 is 29.1 Å². The maximum atomic E-state index is 13.7. The van der Waals surface area contributed by atoms with Crippen LogP contribution in [0.25, 0.3) is 10.8 Å². The molecule has 4 aromatic rings. The molecule has 39 heavy (non-hydrogen) atoms. The standard InChI is InChI=1S/C29H29F3N4O2.ClH/c1-34-17-21(16-33-34)18-35-9-10-36(28(37)24-13-25(29(30,31)32)15-27(14-24)38-2)26(19-35)12-20-7-8-22-5-3-4-6-23(22)11-20;/h3-8,11,13-17,26H,9-10,12,18-19H2,1-2H3;1H/t26-;/m1./s1. The molecule has 5 rings (SSSR count). The molecule has 206 valence electrons. The number of hydrogen-bond acceptors (Lipinski definition) is 4. The highest BCUT2D eigenvalue weighted by Gasteiger charge is 2.35. The van der Waals surface area contributed by atoms with Crippen molar-refractivity contribution in [2.24, 2.45) is 7.05 Å². The molecule has 1 saturated heterocycles. The van der Waals surface area contributed by atoms with Crippen molar-refractivity contribution in [1.29, 1.82) is 0 Å². The number of hydrogen-bond donors (Lipinski definition) is 0. The van der Waals surface area contributed by atoms with Crippen LogP contribution in [-0.2, 0) is 26.2 Å². The van der Waals surface area contributed by atoms with Gasteiger partial charge in [-0.2, -0.15) is 18.3 Å². The van der Waals surface area contributed by atoms with Gasteiger partial charge < -0.3 is 9.64 Å². The summed E-state index contributed by atoms with van der Waals surface area (Å²) in [6, 6.07) is 17.3. The predicted octanol–water partition coefficient (Wildman–Crippen LogP) is 5.59. The highest BCUT2D eigenvalue weighted by Crippen LogP contribution is 2.33. The van der Waals surface area contributed by atoms with Gasteiger partial charge in [0, 0.05) is 56.6 Å². The topological polar surface area (TPSA) is 50.6 Å². The molecule has 1 aromatic heterocycles. The Kier molecular flexibility index (Phi) is 8.51. The molecule has 0 spiro atoms. The number of aryl methyl sites for hydroxylation is 1. The average molecular weight is 559 g/mol. The lowest BCUT2D eigenvalue weighted by atomic mass is 9.98. The second-order valence-corrected chi connectivity index (χ2v) is 9.74. The Balaban J connectivity index is 0.00000353. The van der Waals surface area contributed by atoms with Crippen molar-refractivity contribution in [2.45, 2.75) is 25.2 Å². The van der Waals surface area contributed by atoms with Gasteiger partial charge >= 0.3 is 6.18 Å². The summed E-state index contributed by atoms with van der Waals surface area (Å²) in [7, 11) is 3.16.